The first-order chi connectivity index (χ1) is 34.6. The highest BCUT2D eigenvalue weighted by molar-refractivity contribution is 6.04. The standard InChI is InChI=1S/C67H52N4/c1-43-17-7-6-8-18-48-41-49(38-40-57(48)66(43,2)3)70-62-27-13-11-25-60(62)68-64(70)46-33-29-44(30-34-46)51-20-15-23-54-52(21-16-22-53(51)54)45-31-35-47(36-32-45)65-69-61-26-12-14-28-63(61)71(65)50-37-39-56-55-19-9-10-24-58(55)67(4,5)59(56)42-50/h6-17,19-42H,1,18H2,2-5H3/b8-6-,17-7-. The number of imidazole rings is 2. The largest absolute Gasteiger partial charge is 0.292 e. The maximum atomic E-state index is 5.26. The van der Waals surface area contributed by atoms with Gasteiger partial charge in [-0.2, -0.15) is 0 Å². The van der Waals surface area contributed by atoms with E-state index in [0.29, 0.717) is 0 Å². The van der Waals surface area contributed by atoms with Gasteiger partial charge in [0.1, 0.15) is 11.6 Å². The van der Waals surface area contributed by atoms with E-state index >= 15 is 0 Å². The van der Waals surface area contributed by atoms with Crippen molar-refractivity contribution in [3.8, 4) is 67.5 Å². The topological polar surface area (TPSA) is 35.6 Å². The van der Waals surface area contributed by atoms with E-state index in [4.69, 9.17) is 9.97 Å². The fourth-order valence-corrected chi connectivity index (χ4v) is 11.5. The molecule has 0 fully saturated rings. The summed E-state index contributed by atoms with van der Waals surface area (Å²) < 4.78 is 4.65. The fourth-order valence-electron chi connectivity index (χ4n) is 11.5. The van der Waals surface area contributed by atoms with E-state index in [9.17, 15) is 0 Å². The summed E-state index contributed by atoms with van der Waals surface area (Å²) in [6.07, 6.45) is 9.45. The van der Waals surface area contributed by atoms with Crippen LogP contribution in [0.15, 0.2) is 231 Å². The molecule has 0 unspecified atom stereocenters. The molecule has 9 aromatic carbocycles. The summed E-state index contributed by atoms with van der Waals surface area (Å²) in [4.78, 5) is 10.5. The quantitative estimate of drug-likeness (QED) is 0.167. The first-order valence-electron chi connectivity index (χ1n) is 24.7. The molecule has 2 aromatic heterocycles. The molecule has 4 heteroatoms. The number of hydrogen-bond acceptors (Lipinski definition) is 2. The molecule has 0 aliphatic heterocycles. The van der Waals surface area contributed by atoms with E-state index in [1.807, 2.05) is 0 Å². The van der Waals surface area contributed by atoms with E-state index in [2.05, 4.69) is 262 Å². The molecule has 2 heterocycles. The Morgan fingerprint density at radius 3 is 1.55 bits per heavy atom. The van der Waals surface area contributed by atoms with Crippen molar-refractivity contribution < 1.29 is 0 Å². The minimum absolute atomic E-state index is 0.102. The van der Waals surface area contributed by atoms with Gasteiger partial charge in [-0.1, -0.05) is 204 Å². The van der Waals surface area contributed by atoms with Crippen LogP contribution in [0, 0.1) is 0 Å². The molecular formula is C67H52N4. The zero-order valence-electron chi connectivity index (χ0n) is 40.5. The number of nitrogens with zero attached hydrogens (tertiary/aromatic N) is 4. The molecule has 0 saturated carbocycles. The van der Waals surface area contributed by atoms with Gasteiger partial charge in [-0.15, -0.1) is 0 Å². The van der Waals surface area contributed by atoms with E-state index < -0.39 is 0 Å². The number of aromatic nitrogens is 4. The van der Waals surface area contributed by atoms with Crippen LogP contribution >= 0.6 is 0 Å². The highest BCUT2D eigenvalue weighted by Gasteiger charge is 2.35. The zero-order chi connectivity index (χ0) is 48.0. The van der Waals surface area contributed by atoms with Gasteiger partial charge in [0.15, 0.2) is 0 Å². The summed E-state index contributed by atoms with van der Waals surface area (Å²) in [5, 5.41) is 2.42. The van der Waals surface area contributed by atoms with Gasteiger partial charge in [0.05, 0.1) is 22.1 Å². The lowest BCUT2D eigenvalue weighted by Gasteiger charge is -2.29. The lowest BCUT2D eigenvalue weighted by molar-refractivity contribution is 0.635. The van der Waals surface area contributed by atoms with Crippen molar-refractivity contribution in [3.05, 3.63) is 253 Å². The lowest BCUT2D eigenvalue weighted by Crippen LogP contribution is -2.21. The van der Waals surface area contributed by atoms with Crippen molar-refractivity contribution in [3.63, 3.8) is 0 Å². The van der Waals surface area contributed by atoms with Gasteiger partial charge in [0.25, 0.3) is 0 Å². The maximum Gasteiger partial charge on any atom is 0.145 e. The van der Waals surface area contributed by atoms with Crippen LogP contribution in [0.3, 0.4) is 0 Å². The van der Waals surface area contributed by atoms with Gasteiger partial charge in [-0.3, -0.25) is 9.13 Å². The van der Waals surface area contributed by atoms with Crippen molar-refractivity contribution in [2.24, 2.45) is 0 Å². The Kier molecular flexibility index (Phi) is 9.73. The third-order valence-corrected chi connectivity index (χ3v) is 15.5. The van der Waals surface area contributed by atoms with Crippen molar-refractivity contribution in [2.45, 2.75) is 44.9 Å². The van der Waals surface area contributed by atoms with Crippen LogP contribution < -0.4 is 0 Å². The molecule has 2 aliphatic carbocycles. The van der Waals surface area contributed by atoms with Crippen LogP contribution in [0.1, 0.15) is 49.9 Å². The number of benzene rings is 9. The number of rotatable bonds is 6. The molecule has 4 nitrogen and oxygen atoms in total. The number of hydrogen-bond donors (Lipinski definition) is 0. The molecule has 2 aliphatic rings. The summed E-state index contributed by atoms with van der Waals surface area (Å²) in [7, 11) is 0. The van der Waals surface area contributed by atoms with Gasteiger partial charge >= 0.3 is 0 Å². The summed E-state index contributed by atoms with van der Waals surface area (Å²) in [6, 6.07) is 70.8. The predicted molar refractivity (Wildman–Crippen MR) is 297 cm³/mol. The van der Waals surface area contributed by atoms with Crippen LogP contribution in [0.2, 0.25) is 0 Å². The molecule has 340 valence electrons. The van der Waals surface area contributed by atoms with Crippen molar-refractivity contribution in [1.82, 2.24) is 19.1 Å². The first-order valence-corrected chi connectivity index (χ1v) is 24.7. The molecule has 13 rings (SSSR count). The molecule has 71 heavy (non-hydrogen) atoms. The lowest BCUT2D eigenvalue weighted by atomic mass is 9.75. The van der Waals surface area contributed by atoms with E-state index in [-0.39, 0.29) is 10.8 Å². The molecule has 0 amide bonds. The molecule has 0 radical (unpaired) electrons. The summed E-state index contributed by atoms with van der Waals surface area (Å²) in [5.74, 6) is 1.85. The van der Waals surface area contributed by atoms with E-state index in [1.165, 1.54) is 55.3 Å². The summed E-state index contributed by atoms with van der Waals surface area (Å²) in [6.45, 7) is 13.7. The predicted octanol–water partition coefficient (Wildman–Crippen LogP) is 17.0. The molecule has 11 aromatic rings. The highest BCUT2D eigenvalue weighted by atomic mass is 15.1. The minimum atomic E-state index is -0.198. The van der Waals surface area contributed by atoms with Gasteiger partial charge in [-0.25, -0.2) is 9.97 Å². The molecule has 0 N–H and O–H groups in total. The minimum Gasteiger partial charge on any atom is -0.292 e. The van der Waals surface area contributed by atoms with Crippen LogP contribution in [0.5, 0.6) is 0 Å². The second-order valence-electron chi connectivity index (χ2n) is 20.3. The summed E-state index contributed by atoms with van der Waals surface area (Å²) >= 11 is 0. The van der Waals surface area contributed by atoms with Gasteiger partial charge in [0.2, 0.25) is 0 Å². The normalized spacial score (nSPS) is 15.5. The smallest absolute Gasteiger partial charge is 0.145 e. The second-order valence-corrected chi connectivity index (χ2v) is 20.3. The van der Waals surface area contributed by atoms with Crippen LogP contribution in [-0.2, 0) is 17.3 Å². The Labute approximate surface area is 415 Å². The van der Waals surface area contributed by atoms with Gasteiger partial charge in [-0.05, 0) is 127 Å². The van der Waals surface area contributed by atoms with E-state index in [1.54, 1.807) is 0 Å². The van der Waals surface area contributed by atoms with Crippen molar-refractivity contribution in [2.75, 3.05) is 0 Å². The third-order valence-electron chi connectivity index (χ3n) is 15.5. The van der Waals surface area contributed by atoms with E-state index in [0.717, 1.165) is 79.3 Å². The number of fused-ring (bicyclic) bond motifs is 7. The SMILES string of the molecule is C=C1/C=C\C=C/Cc2cc(-n3c(-c4ccc(-c5cccc6c(-c7ccc(-c8nc9ccccc9n8-c8ccc9c(c8)C(C)(C)c8ccccc8-9)cc7)cccc56)cc4)nc4ccccc43)ccc2C1(C)C. The Hall–Kier alpha value is -8.60. The average molecular weight is 913 g/mol. The molecule has 0 spiro atoms. The molecule has 0 saturated heterocycles. The molecule has 0 atom stereocenters. The number of allylic oxidation sites excluding steroid dienone is 5. The summed E-state index contributed by atoms with van der Waals surface area (Å²) in [5.41, 5.74) is 21.9. The van der Waals surface area contributed by atoms with Crippen LogP contribution in [0.25, 0.3) is 100 Å². The number of para-hydroxylation sites is 4. The fraction of sp³-hybridized carbons (Fsp3) is 0.104. The molecular weight excluding hydrogens is 861 g/mol. The van der Waals surface area contributed by atoms with Crippen molar-refractivity contribution in [1.29, 1.82) is 0 Å². The zero-order valence-corrected chi connectivity index (χ0v) is 40.5. The maximum absolute atomic E-state index is 5.26. The average Bonchev–Trinajstić information content (AvgIpc) is 4.07. The third kappa shape index (κ3) is 6.81. The Balaban J connectivity index is 0.840. The molecule has 0 bridgehead atoms. The Morgan fingerprint density at radius 1 is 0.423 bits per heavy atom. The Morgan fingerprint density at radius 2 is 0.930 bits per heavy atom. The monoisotopic (exact) mass is 912 g/mol. The van der Waals surface area contributed by atoms with Crippen molar-refractivity contribution >= 4 is 32.8 Å². The van der Waals surface area contributed by atoms with Crippen LogP contribution in [-0.4, -0.2) is 19.1 Å². The van der Waals surface area contributed by atoms with Gasteiger partial charge < -0.3 is 0 Å². The first kappa shape index (κ1) is 42.5. The van der Waals surface area contributed by atoms with Crippen LogP contribution in [0.4, 0.5) is 0 Å². The Bertz CT molecular complexity index is 4020. The second kappa shape index (κ2) is 16.3. The van der Waals surface area contributed by atoms with Gasteiger partial charge in [0, 0.05) is 33.3 Å². The highest BCUT2D eigenvalue weighted by Crippen LogP contribution is 2.49.